The fourth-order valence-electron chi connectivity index (χ4n) is 1.84. The fraction of sp³-hybridized carbons (Fsp3) is 0.286. The van der Waals surface area contributed by atoms with Gasteiger partial charge in [0.15, 0.2) is 0 Å². The van der Waals surface area contributed by atoms with E-state index in [1.165, 1.54) is 24.3 Å². The Labute approximate surface area is 125 Å². The monoisotopic (exact) mass is 315 g/mol. The minimum absolute atomic E-state index is 0.0674. The lowest BCUT2D eigenvalue weighted by atomic mass is 10.1. The maximum atomic E-state index is 12.9. The third-order valence-electron chi connectivity index (χ3n) is 2.71. The van der Waals surface area contributed by atoms with E-state index in [1.807, 2.05) is 6.92 Å². The maximum absolute atomic E-state index is 12.9. The van der Waals surface area contributed by atoms with E-state index in [4.69, 9.17) is 11.6 Å². The molecule has 0 atom stereocenters. The number of alkyl halides is 3. The number of halogens is 4. The van der Waals surface area contributed by atoms with Gasteiger partial charge in [-0.15, -0.1) is 0 Å². The first kappa shape index (κ1) is 15.6. The SMILES string of the molecule is CCCc1nc(Cl)cc(Nc2ccccc2C(F)(F)F)n1. The van der Waals surface area contributed by atoms with Gasteiger partial charge in [-0.25, -0.2) is 9.97 Å². The predicted octanol–water partition coefficient (Wildman–Crippen LogP) is 4.84. The first-order chi connectivity index (χ1) is 9.90. The summed E-state index contributed by atoms with van der Waals surface area (Å²) in [5.41, 5.74) is -0.820. The van der Waals surface area contributed by atoms with Crippen molar-refractivity contribution >= 4 is 23.1 Å². The largest absolute Gasteiger partial charge is 0.418 e. The molecule has 21 heavy (non-hydrogen) atoms. The quantitative estimate of drug-likeness (QED) is 0.820. The van der Waals surface area contributed by atoms with Gasteiger partial charge in [0, 0.05) is 12.5 Å². The highest BCUT2D eigenvalue weighted by Crippen LogP contribution is 2.35. The summed E-state index contributed by atoms with van der Waals surface area (Å²) < 4.78 is 38.8. The molecule has 0 amide bonds. The molecular formula is C14H13ClF3N3. The Bertz CT molecular complexity index is 629. The molecule has 0 bridgehead atoms. The van der Waals surface area contributed by atoms with Crippen LogP contribution in [0.25, 0.3) is 0 Å². The molecule has 2 rings (SSSR count). The summed E-state index contributed by atoms with van der Waals surface area (Å²) >= 11 is 5.87. The average Bonchev–Trinajstić information content (AvgIpc) is 2.37. The van der Waals surface area contributed by atoms with Crippen LogP contribution in [0.3, 0.4) is 0 Å². The van der Waals surface area contributed by atoms with Gasteiger partial charge in [-0.2, -0.15) is 13.2 Å². The van der Waals surface area contributed by atoms with Gasteiger partial charge in [-0.1, -0.05) is 30.7 Å². The molecule has 112 valence electrons. The minimum Gasteiger partial charge on any atom is -0.340 e. The smallest absolute Gasteiger partial charge is 0.340 e. The number of aryl methyl sites for hydroxylation is 1. The zero-order chi connectivity index (χ0) is 15.5. The average molecular weight is 316 g/mol. The van der Waals surface area contributed by atoms with E-state index < -0.39 is 11.7 Å². The minimum atomic E-state index is -4.44. The van der Waals surface area contributed by atoms with Crippen LogP contribution < -0.4 is 5.32 Å². The second-order valence-electron chi connectivity index (χ2n) is 4.41. The van der Waals surface area contributed by atoms with E-state index >= 15 is 0 Å². The van der Waals surface area contributed by atoms with Crippen molar-refractivity contribution in [2.75, 3.05) is 5.32 Å². The molecule has 3 nitrogen and oxygen atoms in total. The van der Waals surface area contributed by atoms with Crippen LogP contribution in [0.5, 0.6) is 0 Å². The normalized spacial score (nSPS) is 11.5. The Morgan fingerprint density at radius 3 is 2.57 bits per heavy atom. The summed E-state index contributed by atoms with van der Waals surface area (Å²) in [6, 6.07) is 6.61. The lowest BCUT2D eigenvalue weighted by molar-refractivity contribution is -0.136. The van der Waals surface area contributed by atoms with Crippen LogP contribution in [-0.4, -0.2) is 9.97 Å². The molecule has 0 saturated heterocycles. The molecule has 0 aliphatic rings. The summed E-state index contributed by atoms with van der Waals surface area (Å²) in [4.78, 5) is 8.20. The van der Waals surface area contributed by atoms with Crippen molar-refractivity contribution < 1.29 is 13.2 Å². The molecule has 0 fully saturated rings. The summed E-state index contributed by atoms with van der Waals surface area (Å²) in [5, 5.41) is 2.86. The number of nitrogens with zero attached hydrogens (tertiary/aromatic N) is 2. The van der Waals surface area contributed by atoms with Gasteiger partial charge < -0.3 is 5.32 Å². The van der Waals surface area contributed by atoms with Crippen molar-refractivity contribution in [3.05, 3.63) is 46.9 Å². The van der Waals surface area contributed by atoms with Crippen molar-refractivity contribution in [3.8, 4) is 0 Å². The number of anilines is 2. The fourth-order valence-corrected chi connectivity index (χ4v) is 2.04. The number of para-hydroxylation sites is 1. The number of aromatic nitrogens is 2. The third kappa shape index (κ3) is 4.07. The lowest BCUT2D eigenvalue weighted by Crippen LogP contribution is -2.09. The van der Waals surface area contributed by atoms with E-state index in [2.05, 4.69) is 15.3 Å². The van der Waals surface area contributed by atoms with Gasteiger partial charge in [-0.05, 0) is 18.6 Å². The summed E-state index contributed by atoms with van der Waals surface area (Å²) in [6.45, 7) is 1.95. The number of rotatable bonds is 4. The first-order valence-electron chi connectivity index (χ1n) is 6.37. The van der Waals surface area contributed by atoms with E-state index in [0.29, 0.717) is 12.2 Å². The second kappa shape index (κ2) is 6.30. The molecule has 0 unspecified atom stereocenters. The van der Waals surface area contributed by atoms with E-state index in [9.17, 15) is 13.2 Å². The van der Waals surface area contributed by atoms with Gasteiger partial charge in [0.2, 0.25) is 0 Å². The van der Waals surface area contributed by atoms with E-state index in [1.54, 1.807) is 0 Å². The zero-order valence-corrected chi connectivity index (χ0v) is 12.0. The Morgan fingerprint density at radius 1 is 1.19 bits per heavy atom. The standard InChI is InChI=1S/C14H13ClF3N3/c1-2-5-12-20-11(15)8-13(21-12)19-10-7-4-3-6-9(10)14(16,17)18/h3-4,6-8H,2,5H2,1H3,(H,19,20,21). The molecule has 0 radical (unpaired) electrons. The van der Waals surface area contributed by atoms with Crippen molar-refractivity contribution in [1.82, 2.24) is 9.97 Å². The molecule has 1 heterocycles. The highest BCUT2D eigenvalue weighted by molar-refractivity contribution is 6.29. The van der Waals surface area contributed by atoms with Gasteiger partial charge in [-0.3, -0.25) is 0 Å². The van der Waals surface area contributed by atoms with Gasteiger partial charge >= 0.3 is 6.18 Å². The van der Waals surface area contributed by atoms with Crippen molar-refractivity contribution in [2.24, 2.45) is 0 Å². The third-order valence-corrected chi connectivity index (χ3v) is 2.90. The number of hydrogen-bond donors (Lipinski definition) is 1. The van der Waals surface area contributed by atoms with Gasteiger partial charge in [0.1, 0.15) is 16.8 Å². The first-order valence-corrected chi connectivity index (χ1v) is 6.74. The topological polar surface area (TPSA) is 37.8 Å². The van der Waals surface area contributed by atoms with Crippen LogP contribution >= 0.6 is 11.6 Å². The molecule has 0 saturated carbocycles. The molecule has 7 heteroatoms. The van der Waals surface area contributed by atoms with Gasteiger partial charge in [0.05, 0.1) is 11.3 Å². The molecule has 1 aromatic heterocycles. The maximum Gasteiger partial charge on any atom is 0.418 e. The molecule has 1 N–H and O–H groups in total. The van der Waals surface area contributed by atoms with Crippen molar-refractivity contribution in [3.63, 3.8) is 0 Å². The Kier molecular flexibility index (Phi) is 4.67. The number of benzene rings is 1. The van der Waals surface area contributed by atoms with Crippen molar-refractivity contribution in [2.45, 2.75) is 25.9 Å². The highest BCUT2D eigenvalue weighted by atomic mass is 35.5. The van der Waals surface area contributed by atoms with Gasteiger partial charge in [0.25, 0.3) is 0 Å². The van der Waals surface area contributed by atoms with Crippen LogP contribution in [0.2, 0.25) is 5.15 Å². The number of nitrogens with one attached hydrogen (secondary N) is 1. The second-order valence-corrected chi connectivity index (χ2v) is 4.80. The van der Waals surface area contributed by atoms with Crippen LogP contribution in [-0.2, 0) is 12.6 Å². The summed E-state index contributed by atoms with van der Waals surface area (Å²) in [6.07, 6.45) is -3.01. The Hall–Kier alpha value is -1.82. The van der Waals surface area contributed by atoms with Crippen LogP contribution in [0.4, 0.5) is 24.7 Å². The number of hydrogen-bond acceptors (Lipinski definition) is 3. The van der Waals surface area contributed by atoms with E-state index in [-0.39, 0.29) is 16.7 Å². The molecule has 0 spiro atoms. The van der Waals surface area contributed by atoms with Crippen LogP contribution in [0, 0.1) is 0 Å². The Balaban J connectivity index is 2.35. The molecule has 0 aliphatic carbocycles. The van der Waals surface area contributed by atoms with Crippen LogP contribution in [0.15, 0.2) is 30.3 Å². The molecular weight excluding hydrogens is 303 g/mol. The van der Waals surface area contributed by atoms with E-state index in [0.717, 1.165) is 12.5 Å². The predicted molar refractivity (Wildman–Crippen MR) is 75.8 cm³/mol. The lowest BCUT2D eigenvalue weighted by Gasteiger charge is -2.14. The Morgan fingerprint density at radius 2 is 1.90 bits per heavy atom. The summed E-state index contributed by atoms with van der Waals surface area (Å²) in [5.74, 6) is 0.743. The molecule has 0 aliphatic heterocycles. The highest BCUT2D eigenvalue weighted by Gasteiger charge is 2.33. The zero-order valence-electron chi connectivity index (χ0n) is 11.2. The molecule has 2 aromatic rings. The molecule has 1 aromatic carbocycles. The van der Waals surface area contributed by atoms with Crippen LogP contribution in [0.1, 0.15) is 24.7 Å². The van der Waals surface area contributed by atoms with Crippen molar-refractivity contribution in [1.29, 1.82) is 0 Å². The summed E-state index contributed by atoms with van der Waals surface area (Å²) in [7, 11) is 0.